The van der Waals surface area contributed by atoms with E-state index >= 15 is 0 Å². The fourth-order valence-corrected chi connectivity index (χ4v) is 5.59. The SMILES string of the molecule is CCCCCCCCCCCCCC/C=C/CCCCC[N+](CCCC(=O)[O-])(CCCC(=O)O)CCCC(=O)O. The fourth-order valence-electron chi connectivity index (χ4n) is 5.59. The topological polar surface area (TPSA) is 115 Å². The predicted octanol–water partition coefficient (Wildman–Crippen LogP) is 7.27. The number of carboxylic acids is 3. The van der Waals surface area contributed by atoms with Crippen LogP contribution in [0, 0.1) is 0 Å². The van der Waals surface area contributed by atoms with E-state index in [9.17, 15) is 19.5 Å². The van der Waals surface area contributed by atoms with Crippen LogP contribution in [0.2, 0.25) is 0 Å². The number of allylic oxidation sites excluding steroid dienone is 2. The van der Waals surface area contributed by atoms with Gasteiger partial charge >= 0.3 is 11.9 Å². The van der Waals surface area contributed by atoms with Crippen molar-refractivity contribution in [2.75, 3.05) is 26.2 Å². The Hall–Kier alpha value is -1.89. The maximum Gasteiger partial charge on any atom is 0.303 e. The molecule has 0 saturated heterocycles. The molecule has 0 spiro atoms. The summed E-state index contributed by atoms with van der Waals surface area (Å²) in [4.78, 5) is 33.1. The Balaban J connectivity index is 4.18. The molecule has 0 aromatic heterocycles. The second-order valence-electron chi connectivity index (χ2n) is 11.7. The van der Waals surface area contributed by atoms with Gasteiger partial charge in [-0.25, -0.2) is 0 Å². The number of carbonyl (C=O) groups excluding carboxylic acids is 1. The zero-order valence-corrected chi connectivity index (χ0v) is 25.7. The highest BCUT2D eigenvalue weighted by Gasteiger charge is 2.26. The molecule has 0 rings (SSSR count). The van der Waals surface area contributed by atoms with Crippen LogP contribution in [0.4, 0.5) is 0 Å². The summed E-state index contributed by atoms with van der Waals surface area (Å²) in [6.07, 6.45) is 28.0. The molecule has 40 heavy (non-hydrogen) atoms. The van der Waals surface area contributed by atoms with Gasteiger partial charge in [0.2, 0.25) is 0 Å². The molecule has 0 aliphatic rings. The number of hydrogen-bond acceptors (Lipinski definition) is 4. The zero-order chi connectivity index (χ0) is 29.7. The molecule has 0 aromatic carbocycles. The molecular formula is C33H61NO6. The third-order valence-corrected chi connectivity index (χ3v) is 7.95. The Morgan fingerprint density at radius 3 is 1.27 bits per heavy atom. The van der Waals surface area contributed by atoms with Crippen molar-refractivity contribution in [2.45, 2.75) is 155 Å². The van der Waals surface area contributed by atoms with Gasteiger partial charge in [-0.1, -0.05) is 89.7 Å². The van der Waals surface area contributed by atoms with E-state index in [0.29, 0.717) is 43.4 Å². The summed E-state index contributed by atoms with van der Waals surface area (Å²) in [7, 11) is 0. The van der Waals surface area contributed by atoms with E-state index in [4.69, 9.17) is 10.2 Å². The van der Waals surface area contributed by atoms with Crippen LogP contribution in [0.25, 0.3) is 0 Å². The summed E-state index contributed by atoms with van der Waals surface area (Å²) in [5, 5.41) is 29.1. The summed E-state index contributed by atoms with van der Waals surface area (Å²) in [6.45, 7) is 4.99. The van der Waals surface area contributed by atoms with Gasteiger partial charge in [0.1, 0.15) is 0 Å². The van der Waals surface area contributed by atoms with E-state index in [2.05, 4.69) is 19.1 Å². The number of nitrogens with zero attached hydrogens (tertiary/aromatic N) is 1. The van der Waals surface area contributed by atoms with Crippen LogP contribution < -0.4 is 5.11 Å². The number of hydrogen-bond donors (Lipinski definition) is 2. The lowest BCUT2D eigenvalue weighted by atomic mass is 10.0. The van der Waals surface area contributed by atoms with E-state index in [1.165, 1.54) is 77.0 Å². The minimum Gasteiger partial charge on any atom is -0.550 e. The summed E-state index contributed by atoms with van der Waals surface area (Å²) in [5.74, 6) is -2.76. The van der Waals surface area contributed by atoms with Gasteiger partial charge in [-0.3, -0.25) is 9.59 Å². The van der Waals surface area contributed by atoms with Crippen molar-refractivity contribution in [3.63, 3.8) is 0 Å². The first-order chi connectivity index (χ1) is 19.3. The highest BCUT2D eigenvalue weighted by atomic mass is 16.4. The smallest absolute Gasteiger partial charge is 0.303 e. The molecule has 0 saturated carbocycles. The van der Waals surface area contributed by atoms with Gasteiger partial charge in [-0.05, 0) is 44.9 Å². The zero-order valence-electron chi connectivity index (χ0n) is 25.7. The van der Waals surface area contributed by atoms with Crippen molar-refractivity contribution in [1.29, 1.82) is 0 Å². The molecule has 0 aromatic rings. The van der Waals surface area contributed by atoms with Crippen molar-refractivity contribution >= 4 is 17.9 Å². The van der Waals surface area contributed by atoms with E-state index in [1.807, 2.05) is 0 Å². The highest BCUT2D eigenvalue weighted by molar-refractivity contribution is 5.66. The van der Waals surface area contributed by atoms with E-state index in [0.717, 1.165) is 38.6 Å². The maximum atomic E-state index is 11.1. The molecule has 0 radical (unpaired) electrons. The molecule has 0 amide bonds. The first-order valence-electron chi connectivity index (χ1n) is 16.4. The lowest BCUT2D eigenvalue weighted by Gasteiger charge is -2.39. The van der Waals surface area contributed by atoms with Crippen LogP contribution in [0.1, 0.15) is 155 Å². The van der Waals surface area contributed by atoms with Crippen LogP contribution >= 0.6 is 0 Å². The molecule has 0 fully saturated rings. The standard InChI is InChI=1S/C33H61NO6/c1-2-3-4-5-6-7-8-9-10-11-12-13-14-15-16-17-18-19-20-27-34(28-21-24-31(35)36,29-22-25-32(37)38)30-23-26-33(39)40/h15-16H,2-14,17-30H2,1H3,(H2-,35,36,37,38,39,40)/b16-15+. The summed E-state index contributed by atoms with van der Waals surface area (Å²) in [6, 6.07) is 0. The molecular weight excluding hydrogens is 506 g/mol. The number of aliphatic carboxylic acids is 3. The van der Waals surface area contributed by atoms with Gasteiger partial charge in [0, 0.05) is 25.2 Å². The first kappa shape index (κ1) is 38.1. The summed E-state index contributed by atoms with van der Waals surface area (Å²) in [5.41, 5.74) is 0. The van der Waals surface area contributed by atoms with E-state index in [1.54, 1.807) is 0 Å². The van der Waals surface area contributed by atoms with Crippen LogP contribution in [-0.4, -0.2) is 58.8 Å². The third kappa shape index (κ3) is 26.3. The molecule has 0 atom stereocenters. The number of unbranched alkanes of at least 4 members (excludes halogenated alkanes) is 15. The number of carbonyl (C=O) groups is 3. The van der Waals surface area contributed by atoms with Crippen LogP contribution in [0.15, 0.2) is 12.2 Å². The van der Waals surface area contributed by atoms with E-state index in [-0.39, 0.29) is 19.3 Å². The highest BCUT2D eigenvalue weighted by Crippen LogP contribution is 2.18. The minimum absolute atomic E-state index is 0.0259. The van der Waals surface area contributed by atoms with Gasteiger partial charge in [-0.2, -0.15) is 0 Å². The monoisotopic (exact) mass is 567 g/mol. The Labute approximate surface area is 245 Å². The van der Waals surface area contributed by atoms with Gasteiger partial charge in [0.25, 0.3) is 0 Å². The van der Waals surface area contributed by atoms with E-state index < -0.39 is 17.9 Å². The molecule has 234 valence electrons. The normalized spacial score (nSPS) is 11.8. The Kier molecular flexibility index (Phi) is 26.0. The number of quaternary nitrogens is 1. The Morgan fingerprint density at radius 1 is 0.525 bits per heavy atom. The Morgan fingerprint density at radius 2 is 0.875 bits per heavy atom. The first-order valence-corrected chi connectivity index (χ1v) is 16.4. The predicted molar refractivity (Wildman–Crippen MR) is 161 cm³/mol. The second kappa shape index (κ2) is 27.3. The average molecular weight is 568 g/mol. The van der Waals surface area contributed by atoms with Crippen LogP contribution in [-0.2, 0) is 14.4 Å². The molecule has 2 N–H and O–H groups in total. The molecule has 7 nitrogen and oxygen atoms in total. The van der Waals surface area contributed by atoms with Gasteiger partial charge < -0.3 is 24.6 Å². The van der Waals surface area contributed by atoms with Crippen molar-refractivity contribution < 1.29 is 34.2 Å². The Bertz CT molecular complexity index is 613. The van der Waals surface area contributed by atoms with Crippen LogP contribution in [0.5, 0.6) is 0 Å². The maximum absolute atomic E-state index is 11.1. The second-order valence-corrected chi connectivity index (χ2v) is 11.7. The molecule has 0 heterocycles. The molecule has 0 aliphatic carbocycles. The quantitative estimate of drug-likeness (QED) is 0.0517. The largest absolute Gasteiger partial charge is 0.550 e. The summed E-state index contributed by atoms with van der Waals surface area (Å²) >= 11 is 0. The molecule has 0 aliphatic heterocycles. The number of carboxylic acid groups (broad SMARTS) is 3. The molecule has 0 bridgehead atoms. The lowest BCUT2D eigenvalue weighted by Crippen LogP contribution is -2.51. The van der Waals surface area contributed by atoms with Gasteiger partial charge in [-0.15, -0.1) is 0 Å². The summed E-state index contributed by atoms with van der Waals surface area (Å²) < 4.78 is 0.600. The average Bonchev–Trinajstić information content (AvgIpc) is 2.89. The van der Waals surface area contributed by atoms with Crippen molar-refractivity contribution in [3.05, 3.63) is 12.2 Å². The minimum atomic E-state index is -1.08. The van der Waals surface area contributed by atoms with Crippen molar-refractivity contribution in [3.8, 4) is 0 Å². The van der Waals surface area contributed by atoms with Gasteiger partial charge in [0.15, 0.2) is 0 Å². The van der Waals surface area contributed by atoms with Crippen molar-refractivity contribution in [1.82, 2.24) is 0 Å². The number of rotatable bonds is 31. The molecule has 0 unspecified atom stereocenters. The fraction of sp³-hybridized carbons (Fsp3) is 0.848. The molecule has 7 heteroatoms. The third-order valence-electron chi connectivity index (χ3n) is 7.95. The van der Waals surface area contributed by atoms with Crippen molar-refractivity contribution in [2.24, 2.45) is 0 Å². The van der Waals surface area contributed by atoms with Gasteiger partial charge in [0.05, 0.1) is 39.0 Å². The van der Waals surface area contributed by atoms with Crippen LogP contribution in [0.3, 0.4) is 0 Å². The lowest BCUT2D eigenvalue weighted by molar-refractivity contribution is -0.929.